The third-order valence-electron chi connectivity index (χ3n) is 3.90. The fraction of sp³-hybridized carbons (Fsp3) is 0.316. The summed E-state index contributed by atoms with van der Waals surface area (Å²) in [6, 6.07) is 10.7. The van der Waals surface area contributed by atoms with Crippen molar-refractivity contribution in [1.29, 1.82) is 0 Å². The Bertz CT molecular complexity index is 662. The summed E-state index contributed by atoms with van der Waals surface area (Å²) in [6.45, 7) is 7.45. The van der Waals surface area contributed by atoms with Gasteiger partial charge >= 0.3 is 0 Å². The molecule has 0 saturated carbocycles. The molecule has 0 spiro atoms. The Labute approximate surface area is 141 Å². The zero-order chi connectivity index (χ0) is 17.5. The lowest BCUT2D eigenvalue weighted by atomic mass is 10.1. The van der Waals surface area contributed by atoms with Gasteiger partial charge in [-0.25, -0.2) is 8.78 Å². The zero-order valence-corrected chi connectivity index (χ0v) is 14.0. The molecule has 0 aromatic heterocycles. The first-order valence-corrected chi connectivity index (χ1v) is 8.06. The number of hydrogen-bond acceptors (Lipinski definition) is 2. The molecule has 0 bridgehead atoms. The van der Waals surface area contributed by atoms with Crippen molar-refractivity contribution in [3.8, 4) is 0 Å². The molecule has 5 heteroatoms. The van der Waals surface area contributed by atoms with Crippen molar-refractivity contribution in [3.05, 3.63) is 70.8 Å². The van der Waals surface area contributed by atoms with Gasteiger partial charge in [0.25, 0.3) is 5.91 Å². The number of halogens is 2. The van der Waals surface area contributed by atoms with Gasteiger partial charge in [-0.3, -0.25) is 9.69 Å². The van der Waals surface area contributed by atoms with Crippen LogP contribution in [0.3, 0.4) is 0 Å². The van der Waals surface area contributed by atoms with E-state index in [1.54, 1.807) is 0 Å². The van der Waals surface area contributed by atoms with Gasteiger partial charge in [-0.05, 0) is 36.3 Å². The highest BCUT2D eigenvalue weighted by atomic mass is 19.1. The number of amides is 1. The third kappa shape index (κ3) is 5.13. The standard InChI is InChI=1S/C19H22F2N2O/c1-3-23(4-2)13-15-7-5-14(6-8-15)12-22-19(24)16-9-17(20)11-18(21)10-16/h5-11H,3-4,12-13H2,1-2H3,(H,22,24). The van der Waals surface area contributed by atoms with Crippen molar-refractivity contribution >= 4 is 5.91 Å². The summed E-state index contributed by atoms with van der Waals surface area (Å²) in [7, 11) is 0. The third-order valence-corrected chi connectivity index (χ3v) is 3.90. The van der Waals surface area contributed by atoms with Crippen LogP contribution in [0.15, 0.2) is 42.5 Å². The van der Waals surface area contributed by atoms with Gasteiger partial charge in [0.2, 0.25) is 0 Å². The molecule has 0 aliphatic heterocycles. The van der Waals surface area contributed by atoms with Crippen molar-refractivity contribution in [2.75, 3.05) is 13.1 Å². The molecule has 0 aliphatic rings. The Morgan fingerprint density at radius 2 is 1.50 bits per heavy atom. The lowest BCUT2D eigenvalue weighted by molar-refractivity contribution is 0.0950. The van der Waals surface area contributed by atoms with Crippen LogP contribution in [0.2, 0.25) is 0 Å². The minimum atomic E-state index is -0.763. The van der Waals surface area contributed by atoms with E-state index >= 15 is 0 Å². The van der Waals surface area contributed by atoms with E-state index in [1.807, 2.05) is 24.3 Å². The summed E-state index contributed by atoms with van der Waals surface area (Å²) < 4.78 is 26.3. The van der Waals surface area contributed by atoms with E-state index in [-0.39, 0.29) is 5.56 Å². The molecule has 1 amide bonds. The van der Waals surface area contributed by atoms with E-state index in [0.717, 1.165) is 43.4 Å². The lowest BCUT2D eigenvalue weighted by Gasteiger charge is -2.18. The van der Waals surface area contributed by atoms with Gasteiger partial charge in [0.1, 0.15) is 11.6 Å². The normalized spacial score (nSPS) is 10.9. The van der Waals surface area contributed by atoms with Gasteiger partial charge in [0, 0.05) is 24.7 Å². The van der Waals surface area contributed by atoms with E-state index in [0.29, 0.717) is 6.54 Å². The number of rotatable bonds is 7. The largest absolute Gasteiger partial charge is 0.348 e. The molecule has 2 aromatic carbocycles. The van der Waals surface area contributed by atoms with Crippen LogP contribution in [-0.2, 0) is 13.1 Å². The van der Waals surface area contributed by atoms with Crippen molar-refractivity contribution in [3.63, 3.8) is 0 Å². The molecule has 0 unspecified atom stereocenters. The molecule has 128 valence electrons. The minimum absolute atomic E-state index is 0.0225. The zero-order valence-electron chi connectivity index (χ0n) is 14.0. The quantitative estimate of drug-likeness (QED) is 0.838. The summed E-state index contributed by atoms with van der Waals surface area (Å²) in [6.07, 6.45) is 0. The maximum Gasteiger partial charge on any atom is 0.251 e. The molecule has 24 heavy (non-hydrogen) atoms. The Hall–Kier alpha value is -2.27. The number of carbonyl (C=O) groups is 1. The second-order valence-corrected chi connectivity index (χ2v) is 5.62. The average Bonchev–Trinajstić information content (AvgIpc) is 2.57. The topological polar surface area (TPSA) is 32.3 Å². The Morgan fingerprint density at radius 1 is 0.958 bits per heavy atom. The first-order valence-electron chi connectivity index (χ1n) is 8.06. The summed E-state index contributed by atoms with van der Waals surface area (Å²) in [4.78, 5) is 14.3. The number of benzene rings is 2. The van der Waals surface area contributed by atoms with Crippen LogP contribution in [0.1, 0.15) is 35.3 Å². The second kappa shape index (κ2) is 8.55. The Kier molecular flexibility index (Phi) is 6.44. The second-order valence-electron chi connectivity index (χ2n) is 5.62. The maximum atomic E-state index is 13.1. The predicted octanol–water partition coefficient (Wildman–Crippen LogP) is 3.74. The van der Waals surface area contributed by atoms with Crippen molar-refractivity contribution in [2.45, 2.75) is 26.9 Å². The molecular formula is C19H22F2N2O. The van der Waals surface area contributed by atoms with Crippen molar-refractivity contribution in [2.24, 2.45) is 0 Å². The van der Waals surface area contributed by atoms with Crippen LogP contribution in [0.25, 0.3) is 0 Å². The van der Waals surface area contributed by atoms with Gasteiger partial charge in [-0.1, -0.05) is 38.1 Å². The van der Waals surface area contributed by atoms with Crippen LogP contribution in [-0.4, -0.2) is 23.9 Å². The maximum absolute atomic E-state index is 13.1. The molecule has 3 nitrogen and oxygen atoms in total. The monoisotopic (exact) mass is 332 g/mol. The number of carbonyl (C=O) groups excluding carboxylic acids is 1. The molecular weight excluding hydrogens is 310 g/mol. The fourth-order valence-corrected chi connectivity index (χ4v) is 2.44. The molecule has 0 saturated heterocycles. The van der Waals surface area contributed by atoms with Gasteiger partial charge in [-0.15, -0.1) is 0 Å². The summed E-state index contributed by atoms with van der Waals surface area (Å²) in [5, 5.41) is 2.67. The number of hydrogen-bond donors (Lipinski definition) is 1. The van der Waals surface area contributed by atoms with Crippen LogP contribution in [0.5, 0.6) is 0 Å². The molecule has 0 radical (unpaired) electrons. The summed E-state index contributed by atoms with van der Waals surface area (Å²) >= 11 is 0. The van der Waals surface area contributed by atoms with Crippen molar-refractivity contribution in [1.82, 2.24) is 10.2 Å². The molecule has 2 aromatic rings. The van der Waals surface area contributed by atoms with Crippen molar-refractivity contribution < 1.29 is 13.6 Å². The molecule has 0 atom stereocenters. The lowest BCUT2D eigenvalue weighted by Crippen LogP contribution is -2.23. The van der Waals surface area contributed by atoms with Crippen LogP contribution >= 0.6 is 0 Å². The smallest absolute Gasteiger partial charge is 0.251 e. The SMILES string of the molecule is CCN(CC)Cc1ccc(CNC(=O)c2cc(F)cc(F)c2)cc1. The van der Waals surface area contributed by atoms with Gasteiger partial charge in [-0.2, -0.15) is 0 Å². The van der Waals surface area contributed by atoms with Crippen LogP contribution in [0.4, 0.5) is 8.78 Å². The highest BCUT2D eigenvalue weighted by molar-refractivity contribution is 5.94. The molecule has 0 aliphatic carbocycles. The van der Waals surface area contributed by atoms with Gasteiger partial charge < -0.3 is 5.32 Å². The van der Waals surface area contributed by atoms with E-state index in [9.17, 15) is 13.6 Å². The Morgan fingerprint density at radius 3 is 2.04 bits per heavy atom. The van der Waals surface area contributed by atoms with Crippen LogP contribution in [0, 0.1) is 11.6 Å². The molecule has 0 fully saturated rings. The Balaban J connectivity index is 1.93. The van der Waals surface area contributed by atoms with Crippen LogP contribution < -0.4 is 5.32 Å². The van der Waals surface area contributed by atoms with Gasteiger partial charge in [0.15, 0.2) is 0 Å². The van der Waals surface area contributed by atoms with E-state index < -0.39 is 17.5 Å². The molecule has 0 heterocycles. The first-order chi connectivity index (χ1) is 11.5. The molecule has 1 N–H and O–H groups in total. The summed E-state index contributed by atoms with van der Waals surface area (Å²) in [5.74, 6) is -2.03. The average molecular weight is 332 g/mol. The first kappa shape index (κ1) is 18.1. The fourth-order valence-electron chi connectivity index (χ4n) is 2.44. The van der Waals surface area contributed by atoms with E-state index in [2.05, 4.69) is 24.1 Å². The predicted molar refractivity (Wildman–Crippen MR) is 90.6 cm³/mol. The number of nitrogens with zero attached hydrogens (tertiary/aromatic N) is 1. The summed E-state index contributed by atoms with van der Waals surface area (Å²) in [5.41, 5.74) is 2.12. The number of nitrogens with one attached hydrogen (secondary N) is 1. The van der Waals surface area contributed by atoms with E-state index in [4.69, 9.17) is 0 Å². The highest BCUT2D eigenvalue weighted by Crippen LogP contribution is 2.10. The van der Waals surface area contributed by atoms with E-state index in [1.165, 1.54) is 5.56 Å². The van der Waals surface area contributed by atoms with Gasteiger partial charge in [0.05, 0.1) is 0 Å². The highest BCUT2D eigenvalue weighted by Gasteiger charge is 2.09. The minimum Gasteiger partial charge on any atom is -0.348 e. The molecule has 2 rings (SSSR count).